The third-order valence-corrected chi connectivity index (χ3v) is 6.05. The first-order valence-corrected chi connectivity index (χ1v) is 10.6. The minimum absolute atomic E-state index is 0.202. The second-order valence-corrected chi connectivity index (χ2v) is 8.56. The Morgan fingerprint density at radius 2 is 1.92 bits per heavy atom. The quantitative estimate of drug-likeness (QED) is 0.506. The molecular weight excluding hydrogens is 407 g/mol. The highest BCUT2D eigenvalue weighted by Crippen LogP contribution is 2.28. The Morgan fingerprint density at radius 3 is 2.62 bits per heavy atom. The van der Waals surface area contributed by atoms with E-state index in [0.29, 0.717) is 22.2 Å². The smallest absolute Gasteiger partial charge is 0.253 e. The Morgan fingerprint density at radius 1 is 1.19 bits per heavy atom. The number of nitrogens with one attached hydrogen (secondary N) is 1. The Hall–Kier alpha value is -1.53. The predicted octanol–water partition coefficient (Wildman–Crippen LogP) is 6.08. The van der Waals surface area contributed by atoms with E-state index in [4.69, 9.17) is 23.2 Å². The Labute approximate surface area is 170 Å². The Balaban J connectivity index is 1.73. The summed E-state index contributed by atoms with van der Waals surface area (Å²) >= 11 is 15.2. The highest BCUT2D eigenvalue weighted by atomic mass is 35.5. The van der Waals surface area contributed by atoms with Crippen LogP contribution in [0.1, 0.15) is 20.2 Å². The molecule has 0 atom stereocenters. The van der Waals surface area contributed by atoms with Crippen LogP contribution in [0.5, 0.6) is 0 Å². The molecule has 3 rings (SSSR count). The van der Waals surface area contributed by atoms with Crippen molar-refractivity contribution in [2.75, 3.05) is 6.26 Å². The SMILES string of the molecule is CSc1ccc(Cl)c(C(=O)NCc2nc(-c3ccc(Cl)cc3)c(C)s2)c1. The number of thiazole rings is 1. The van der Waals surface area contributed by atoms with Crippen LogP contribution in [0.25, 0.3) is 11.3 Å². The van der Waals surface area contributed by atoms with Gasteiger partial charge in [0.15, 0.2) is 0 Å². The maximum atomic E-state index is 12.5. The summed E-state index contributed by atoms with van der Waals surface area (Å²) in [7, 11) is 0. The summed E-state index contributed by atoms with van der Waals surface area (Å²) in [5, 5.41) is 4.88. The zero-order chi connectivity index (χ0) is 18.7. The summed E-state index contributed by atoms with van der Waals surface area (Å²) in [5.74, 6) is -0.202. The number of nitrogens with zero attached hydrogens (tertiary/aromatic N) is 1. The van der Waals surface area contributed by atoms with E-state index in [1.165, 1.54) is 0 Å². The van der Waals surface area contributed by atoms with E-state index in [0.717, 1.165) is 26.0 Å². The first-order chi connectivity index (χ1) is 12.5. The minimum atomic E-state index is -0.202. The number of benzene rings is 2. The maximum absolute atomic E-state index is 12.5. The van der Waals surface area contributed by atoms with Gasteiger partial charge >= 0.3 is 0 Å². The number of thioether (sulfide) groups is 1. The van der Waals surface area contributed by atoms with Crippen molar-refractivity contribution in [2.45, 2.75) is 18.4 Å². The van der Waals surface area contributed by atoms with Crippen molar-refractivity contribution in [1.29, 1.82) is 0 Å². The third-order valence-electron chi connectivity index (χ3n) is 3.78. The van der Waals surface area contributed by atoms with Crippen molar-refractivity contribution in [3.05, 3.63) is 68.0 Å². The summed E-state index contributed by atoms with van der Waals surface area (Å²) in [5.41, 5.74) is 2.40. The number of rotatable bonds is 5. The average Bonchev–Trinajstić information content (AvgIpc) is 3.01. The Bertz CT molecular complexity index is 939. The zero-order valence-electron chi connectivity index (χ0n) is 14.2. The van der Waals surface area contributed by atoms with Crippen molar-refractivity contribution >= 4 is 52.2 Å². The third kappa shape index (κ3) is 4.41. The van der Waals surface area contributed by atoms with Gasteiger partial charge in [0.1, 0.15) is 5.01 Å². The lowest BCUT2D eigenvalue weighted by Crippen LogP contribution is -2.23. The van der Waals surface area contributed by atoms with Crippen molar-refractivity contribution in [3.8, 4) is 11.3 Å². The highest BCUT2D eigenvalue weighted by molar-refractivity contribution is 7.98. The number of amides is 1. The summed E-state index contributed by atoms with van der Waals surface area (Å²) < 4.78 is 0. The average molecular weight is 423 g/mol. The van der Waals surface area contributed by atoms with Gasteiger partial charge in [0.25, 0.3) is 5.91 Å². The molecule has 1 heterocycles. The molecule has 0 saturated heterocycles. The summed E-state index contributed by atoms with van der Waals surface area (Å²) in [6.45, 7) is 2.38. The molecule has 26 heavy (non-hydrogen) atoms. The van der Waals surface area contributed by atoms with E-state index in [9.17, 15) is 4.79 Å². The lowest BCUT2D eigenvalue weighted by atomic mass is 10.1. The van der Waals surface area contributed by atoms with E-state index in [1.54, 1.807) is 35.2 Å². The molecule has 2 aromatic carbocycles. The topological polar surface area (TPSA) is 42.0 Å². The fourth-order valence-electron chi connectivity index (χ4n) is 2.46. The van der Waals surface area contributed by atoms with E-state index >= 15 is 0 Å². The van der Waals surface area contributed by atoms with Gasteiger partial charge in [-0.25, -0.2) is 4.98 Å². The van der Waals surface area contributed by atoms with Crippen LogP contribution in [0, 0.1) is 6.92 Å². The minimum Gasteiger partial charge on any atom is -0.345 e. The number of hydrogen-bond acceptors (Lipinski definition) is 4. The molecule has 7 heteroatoms. The summed E-state index contributed by atoms with van der Waals surface area (Å²) in [4.78, 5) is 19.2. The van der Waals surface area contributed by atoms with Gasteiger partial charge in [-0.2, -0.15) is 0 Å². The summed E-state index contributed by atoms with van der Waals surface area (Å²) in [6.07, 6.45) is 1.96. The molecular formula is C19H16Cl2N2OS2. The molecule has 1 amide bonds. The number of hydrogen-bond donors (Lipinski definition) is 1. The van der Waals surface area contributed by atoms with Gasteiger partial charge in [-0.15, -0.1) is 23.1 Å². The highest BCUT2D eigenvalue weighted by Gasteiger charge is 2.14. The van der Waals surface area contributed by atoms with Gasteiger partial charge in [-0.05, 0) is 43.5 Å². The molecule has 0 aliphatic carbocycles. The lowest BCUT2D eigenvalue weighted by molar-refractivity contribution is 0.0951. The molecule has 3 aromatic rings. The molecule has 1 N–H and O–H groups in total. The van der Waals surface area contributed by atoms with E-state index in [2.05, 4.69) is 10.3 Å². The van der Waals surface area contributed by atoms with Crippen LogP contribution < -0.4 is 5.32 Å². The van der Waals surface area contributed by atoms with Crippen LogP contribution in [0.2, 0.25) is 10.0 Å². The monoisotopic (exact) mass is 422 g/mol. The van der Waals surface area contributed by atoms with Crippen molar-refractivity contribution < 1.29 is 4.79 Å². The van der Waals surface area contributed by atoms with Crippen molar-refractivity contribution in [1.82, 2.24) is 10.3 Å². The first-order valence-electron chi connectivity index (χ1n) is 7.82. The molecule has 3 nitrogen and oxygen atoms in total. The number of carbonyl (C=O) groups excluding carboxylic acids is 1. The van der Waals surface area contributed by atoms with E-state index in [-0.39, 0.29) is 5.91 Å². The molecule has 0 aliphatic rings. The Kier molecular flexibility index (Phi) is 6.24. The van der Waals surface area contributed by atoms with Gasteiger partial charge in [-0.1, -0.05) is 35.3 Å². The number of carbonyl (C=O) groups is 1. The van der Waals surface area contributed by atoms with E-state index in [1.807, 2.05) is 43.5 Å². The van der Waals surface area contributed by atoms with Gasteiger partial charge in [0.2, 0.25) is 0 Å². The molecule has 0 bridgehead atoms. The molecule has 1 aromatic heterocycles. The van der Waals surface area contributed by atoms with Crippen molar-refractivity contribution in [2.24, 2.45) is 0 Å². The van der Waals surface area contributed by atoms with Crippen LogP contribution in [0.4, 0.5) is 0 Å². The zero-order valence-corrected chi connectivity index (χ0v) is 17.3. The van der Waals surface area contributed by atoms with Crippen LogP contribution >= 0.6 is 46.3 Å². The van der Waals surface area contributed by atoms with Gasteiger partial charge in [-0.3, -0.25) is 4.79 Å². The van der Waals surface area contributed by atoms with Crippen molar-refractivity contribution in [3.63, 3.8) is 0 Å². The van der Waals surface area contributed by atoms with Gasteiger partial charge in [0, 0.05) is 20.4 Å². The normalized spacial score (nSPS) is 10.8. The maximum Gasteiger partial charge on any atom is 0.253 e. The number of aromatic nitrogens is 1. The fourth-order valence-corrected chi connectivity index (χ4v) is 4.12. The molecule has 0 radical (unpaired) electrons. The van der Waals surface area contributed by atoms with Gasteiger partial charge < -0.3 is 5.32 Å². The fraction of sp³-hybridized carbons (Fsp3) is 0.158. The molecule has 0 unspecified atom stereocenters. The standard InChI is InChI=1S/C19H16Cl2N2OS2/c1-11-18(12-3-5-13(20)6-4-12)23-17(26-11)10-22-19(24)15-9-14(25-2)7-8-16(15)21/h3-9H,10H2,1-2H3,(H,22,24). The first kappa shape index (κ1) is 19.2. The molecule has 0 saturated carbocycles. The second kappa shape index (κ2) is 8.44. The lowest BCUT2D eigenvalue weighted by Gasteiger charge is -2.07. The van der Waals surface area contributed by atoms with Crippen LogP contribution in [0.15, 0.2) is 47.4 Å². The second-order valence-electron chi connectivity index (χ2n) is 5.55. The number of aryl methyl sites for hydroxylation is 1. The largest absolute Gasteiger partial charge is 0.345 e. The molecule has 134 valence electrons. The van der Waals surface area contributed by atoms with Crippen LogP contribution in [0.3, 0.4) is 0 Å². The van der Waals surface area contributed by atoms with Crippen LogP contribution in [-0.4, -0.2) is 17.1 Å². The summed E-state index contributed by atoms with van der Waals surface area (Å²) in [6, 6.07) is 13.0. The van der Waals surface area contributed by atoms with Gasteiger partial charge in [0.05, 0.1) is 22.8 Å². The van der Waals surface area contributed by atoms with Crippen LogP contribution in [-0.2, 0) is 6.54 Å². The predicted molar refractivity (Wildman–Crippen MR) is 112 cm³/mol. The molecule has 0 spiro atoms. The number of halogens is 2. The molecule has 0 fully saturated rings. The van der Waals surface area contributed by atoms with E-state index < -0.39 is 0 Å². The molecule has 0 aliphatic heterocycles.